The maximum absolute atomic E-state index is 13.0. The Morgan fingerprint density at radius 3 is 2.84 bits per heavy atom. The van der Waals surface area contributed by atoms with Crippen molar-refractivity contribution in [2.45, 2.75) is 31.7 Å². The molecule has 0 unspecified atom stereocenters. The molecular weight excluding hydrogens is 335 g/mol. The molecule has 4 nitrogen and oxygen atoms in total. The maximum atomic E-state index is 13.0. The minimum Gasteiger partial charge on any atom is -0.346 e. The lowest BCUT2D eigenvalue weighted by molar-refractivity contribution is 0.173. The Hall–Kier alpha value is -1.53. The van der Waals surface area contributed by atoms with Gasteiger partial charge in [-0.1, -0.05) is 29.9 Å². The normalized spacial score (nSPS) is 29.0. The van der Waals surface area contributed by atoms with Crippen molar-refractivity contribution in [3.8, 4) is 0 Å². The first-order chi connectivity index (χ1) is 12.3. The fraction of sp³-hybridized carbons (Fsp3) is 0.579. The molecule has 0 N–H and O–H groups in total. The van der Waals surface area contributed by atoms with Gasteiger partial charge in [0.05, 0.1) is 0 Å². The summed E-state index contributed by atoms with van der Waals surface area (Å²) in [4.78, 5) is 5.18. The molecule has 4 heterocycles. The number of hydrogen-bond donors (Lipinski definition) is 0. The molecule has 0 bridgehead atoms. The lowest BCUT2D eigenvalue weighted by Crippen LogP contribution is -2.39. The molecular formula is C19H23FN4S. The van der Waals surface area contributed by atoms with E-state index in [0.29, 0.717) is 0 Å². The summed E-state index contributed by atoms with van der Waals surface area (Å²) in [7, 11) is 0. The van der Waals surface area contributed by atoms with Gasteiger partial charge in [0.25, 0.3) is 0 Å². The van der Waals surface area contributed by atoms with Crippen LogP contribution in [0.3, 0.4) is 0 Å². The number of hydrogen-bond acceptors (Lipinski definition) is 5. The summed E-state index contributed by atoms with van der Waals surface area (Å²) in [6.45, 7) is 4.84. The zero-order valence-electron chi connectivity index (χ0n) is 14.3. The average Bonchev–Trinajstić information content (AvgIpc) is 3.31. The highest BCUT2D eigenvalue weighted by atomic mass is 32.1. The molecule has 1 aromatic heterocycles. The number of nitrogens with zero attached hydrogens (tertiary/aromatic N) is 4. The van der Waals surface area contributed by atoms with Crippen molar-refractivity contribution in [1.82, 2.24) is 15.1 Å². The summed E-state index contributed by atoms with van der Waals surface area (Å²) in [6, 6.07) is 7.47. The first-order valence-corrected chi connectivity index (χ1v) is 10.1. The highest BCUT2D eigenvalue weighted by Gasteiger charge is 2.47. The minimum absolute atomic E-state index is 0.193. The van der Waals surface area contributed by atoms with Crippen LogP contribution >= 0.6 is 11.3 Å². The predicted octanol–water partition coefficient (Wildman–Crippen LogP) is 3.19. The van der Waals surface area contributed by atoms with Gasteiger partial charge in [0.15, 0.2) is 0 Å². The van der Waals surface area contributed by atoms with Gasteiger partial charge in [0.1, 0.15) is 10.8 Å². The quantitative estimate of drug-likeness (QED) is 0.843. The van der Waals surface area contributed by atoms with Crippen molar-refractivity contribution in [1.29, 1.82) is 0 Å². The fourth-order valence-corrected chi connectivity index (χ4v) is 5.82. The number of rotatable bonds is 3. The summed E-state index contributed by atoms with van der Waals surface area (Å²) < 4.78 is 13.0. The molecule has 0 amide bonds. The van der Waals surface area contributed by atoms with Crippen LogP contribution < -0.4 is 4.90 Å². The molecule has 6 heteroatoms. The Bertz CT molecular complexity index is 746. The Kier molecular flexibility index (Phi) is 3.97. The third-order valence-corrected chi connectivity index (χ3v) is 7.10. The zero-order chi connectivity index (χ0) is 16.8. The Balaban J connectivity index is 1.26. The summed E-state index contributed by atoms with van der Waals surface area (Å²) in [5, 5.41) is 10.9. The molecule has 2 aromatic rings. The van der Waals surface area contributed by atoms with E-state index in [1.807, 2.05) is 12.1 Å². The average molecular weight is 358 g/mol. The van der Waals surface area contributed by atoms with Crippen LogP contribution in [0.5, 0.6) is 0 Å². The van der Waals surface area contributed by atoms with Crippen LogP contribution in [-0.2, 0) is 6.42 Å². The minimum atomic E-state index is -0.193. The van der Waals surface area contributed by atoms with E-state index in [0.717, 1.165) is 53.1 Å². The van der Waals surface area contributed by atoms with E-state index in [2.05, 4.69) is 20.0 Å². The SMILES string of the molecule is Fc1ccc(Cc2nnc(N3C[C@@H]4CN5CCCC[C@@H]5[C@H]4C3)s2)cc1. The number of aromatic nitrogens is 2. The smallest absolute Gasteiger partial charge is 0.208 e. The number of halogens is 1. The van der Waals surface area contributed by atoms with E-state index in [4.69, 9.17) is 0 Å². The van der Waals surface area contributed by atoms with Crippen LogP contribution in [0.15, 0.2) is 24.3 Å². The number of fused-ring (bicyclic) bond motifs is 3. The first kappa shape index (κ1) is 15.7. The van der Waals surface area contributed by atoms with Crippen LogP contribution in [0.25, 0.3) is 0 Å². The van der Waals surface area contributed by atoms with Gasteiger partial charge in [-0.15, -0.1) is 10.2 Å². The van der Waals surface area contributed by atoms with E-state index >= 15 is 0 Å². The predicted molar refractivity (Wildman–Crippen MR) is 97.5 cm³/mol. The van der Waals surface area contributed by atoms with E-state index in [1.54, 1.807) is 11.3 Å². The van der Waals surface area contributed by atoms with Gasteiger partial charge in [-0.3, -0.25) is 4.90 Å². The molecule has 3 atom stereocenters. The molecule has 0 saturated carbocycles. The number of piperidine rings is 1. The van der Waals surface area contributed by atoms with Gasteiger partial charge in [0.2, 0.25) is 5.13 Å². The zero-order valence-corrected chi connectivity index (χ0v) is 15.1. The van der Waals surface area contributed by atoms with E-state index < -0.39 is 0 Å². The first-order valence-electron chi connectivity index (χ1n) is 9.32. The van der Waals surface area contributed by atoms with Crippen LogP contribution in [0, 0.1) is 17.7 Å². The lowest BCUT2D eigenvalue weighted by Gasteiger charge is -2.33. The standard InChI is InChI=1S/C19H23FN4S/c20-15-6-4-13(5-7-15)9-18-21-22-19(25-18)24-11-14-10-23-8-2-1-3-17(23)16(14)12-24/h4-7,14,16-17H,1-3,8-12H2/t14-,16-,17+/m0/s1. The maximum Gasteiger partial charge on any atom is 0.208 e. The molecule has 3 aliphatic heterocycles. The highest BCUT2D eigenvalue weighted by molar-refractivity contribution is 7.15. The number of anilines is 1. The van der Waals surface area contributed by atoms with Gasteiger partial charge >= 0.3 is 0 Å². The molecule has 25 heavy (non-hydrogen) atoms. The second-order valence-corrected chi connectivity index (χ2v) is 8.71. The molecule has 0 radical (unpaired) electrons. The monoisotopic (exact) mass is 358 g/mol. The number of benzene rings is 1. The highest BCUT2D eigenvalue weighted by Crippen LogP contribution is 2.42. The van der Waals surface area contributed by atoms with Crippen LogP contribution in [-0.4, -0.2) is 47.3 Å². The van der Waals surface area contributed by atoms with E-state index in [-0.39, 0.29) is 5.82 Å². The van der Waals surface area contributed by atoms with Crippen molar-refractivity contribution < 1.29 is 4.39 Å². The topological polar surface area (TPSA) is 32.3 Å². The van der Waals surface area contributed by atoms with E-state index in [1.165, 1.54) is 44.5 Å². The molecule has 0 aliphatic carbocycles. The Labute approximate surface area is 151 Å². The molecule has 3 aliphatic rings. The van der Waals surface area contributed by atoms with Crippen LogP contribution in [0.1, 0.15) is 29.8 Å². The Morgan fingerprint density at radius 2 is 1.96 bits per heavy atom. The van der Waals surface area contributed by atoms with Gasteiger partial charge in [-0.2, -0.15) is 0 Å². The van der Waals surface area contributed by atoms with Crippen LogP contribution in [0.4, 0.5) is 9.52 Å². The summed E-state index contributed by atoms with van der Waals surface area (Å²) in [5.74, 6) is 1.42. The molecule has 1 aromatic carbocycles. The van der Waals surface area contributed by atoms with Gasteiger partial charge in [-0.05, 0) is 48.9 Å². The van der Waals surface area contributed by atoms with Gasteiger partial charge in [0, 0.05) is 32.1 Å². The van der Waals surface area contributed by atoms with Gasteiger partial charge in [-0.25, -0.2) is 4.39 Å². The van der Waals surface area contributed by atoms with Crippen molar-refractivity contribution in [3.63, 3.8) is 0 Å². The van der Waals surface area contributed by atoms with Crippen molar-refractivity contribution in [3.05, 3.63) is 40.7 Å². The summed E-state index contributed by atoms with van der Waals surface area (Å²) in [6.07, 6.45) is 4.88. The van der Waals surface area contributed by atoms with Crippen LogP contribution in [0.2, 0.25) is 0 Å². The second-order valence-electron chi connectivity index (χ2n) is 7.67. The third kappa shape index (κ3) is 2.95. The molecule has 0 spiro atoms. The van der Waals surface area contributed by atoms with Gasteiger partial charge < -0.3 is 4.90 Å². The van der Waals surface area contributed by atoms with Crippen molar-refractivity contribution in [2.24, 2.45) is 11.8 Å². The molecule has 132 valence electrons. The molecule has 5 rings (SSSR count). The second kappa shape index (κ2) is 6.32. The molecule has 3 fully saturated rings. The Morgan fingerprint density at radius 1 is 1.08 bits per heavy atom. The fourth-order valence-electron chi connectivity index (χ4n) is 4.93. The third-order valence-electron chi connectivity index (χ3n) is 6.11. The van der Waals surface area contributed by atoms with E-state index in [9.17, 15) is 4.39 Å². The van der Waals surface area contributed by atoms with Crippen molar-refractivity contribution >= 4 is 16.5 Å². The van der Waals surface area contributed by atoms with Crippen molar-refractivity contribution in [2.75, 3.05) is 31.1 Å². The lowest BCUT2D eigenvalue weighted by atomic mass is 9.90. The molecule has 3 saturated heterocycles. The summed E-state index contributed by atoms with van der Waals surface area (Å²) >= 11 is 1.69. The largest absolute Gasteiger partial charge is 0.346 e. The summed E-state index contributed by atoms with van der Waals surface area (Å²) in [5.41, 5.74) is 1.08.